The molecule has 0 radical (unpaired) electrons. The molecule has 28 heavy (non-hydrogen) atoms. The molecule has 2 aromatic heterocycles. The summed E-state index contributed by atoms with van der Waals surface area (Å²) in [5.74, 6) is 0.558. The van der Waals surface area contributed by atoms with Crippen molar-refractivity contribution in [1.29, 1.82) is 0 Å². The quantitative estimate of drug-likeness (QED) is 0.594. The molecule has 3 N–H and O–H groups in total. The summed E-state index contributed by atoms with van der Waals surface area (Å²) in [4.78, 5) is 20.2. The minimum Gasteiger partial charge on any atom is -0.474 e. The molecule has 2 aliphatic rings. The summed E-state index contributed by atoms with van der Waals surface area (Å²) in [5, 5.41) is 6.32. The van der Waals surface area contributed by atoms with Crippen LogP contribution in [0.1, 0.15) is 22.5 Å². The number of amides is 1. The van der Waals surface area contributed by atoms with Crippen LogP contribution >= 0.6 is 0 Å². The molecule has 6 nitrogen and oxygen atoms in total. The van der Waals surface area contributed by atoms with E-state index in [-0.39, 0.29) is 5.91 Å². The van der Waals surface area contributed by atoms with Crippen molar-refractivity contribution < 1.29 is 9.53 Å². The zero-order chi connectivity index (χ0) is 19.3. The lowest BCUT2D eigenvalue weighted by atomic mass is 9.96. The maximum atomic E-state index is 12.5. The van der Waals surface area contributed by atoms with Gasteiger partial charge >= 0.3 is 0 Å². The van der Waals surface area contributed by atoms with E-state index in [0.717, 1.165) is 51.6 Å². The van der Waals surface area contributed by atoms with Gasteiger partial charge in [-0.05, 0) is 55.3 Å². The van der Waals surface area contributed by atoms with Crippen LogP contribution in [0.2, 0.25) is 0 Å². The van der Waals surface area contributed by atoms with Gasteiger partial charge in [0.25, 0.3) is 5.91 Å². The summed E-state index contributed by atoms with van der Waals surface area (Å²) in [6.07, 6.45) is 3.73. The summed E-state index contributed by atoms with van der Waals surface area (Å²) in [7, 11) is 0. The molecule has 0 atom stereocenters. The van der Waals surface area contributed by atoms with Gasteiger partial charge in [0.1, 0.15) is 12.3 Å². The van der Waals surface area contributed by atoms with Gasteiger partial charge in [-0.3, -0.25) is 4.79 Å². The molecule has 0 saturated heterocycles. The minimum atomic E-state index is -0.0882. The zero-order valence-corrected chi connectivity index (χ0v) is 15.7. The number of ether oxygens (including phenoxy) is 1. The van der Waals surface area contributed by atoms with Crippen molar-refractivity contribution in [3.05, 3.63) is 59.0 Å². The summed E-state index contributed by atoms with van der Waals surface area (Å²) in [5.41, 5.74) is 8.42. The number of pyridine rings is 1. The number of H-pyrrole nitrogens is 1. The van der Waals surface area contributed by atoms with E-state index in [9.17, 15) is 4.79 Å². The number of aromatic nitrogens is 2. The molecular formula is C22H20N4O2. The maximum Gasteiger partial charge on any atom is 0.256 e. The first-order chi connectivity index (χ1) is 13.6. The van der Waals surface area contributed by atoms with Crippen molar-refractivity contribution in [3.8, 4) is 17.0 Å². The van der Waals surface area contributed by atoms with Crippen LogP contribution in [0.25, 0.3) is 22.8 Å². The molecule has 3 aromatic rings. The highest BCUT2D eigenvalue weighted by Gasteiger charge is 2.25. The van der Waals surface area contributed by atoms with Crippen LogP contribution in [-0.2, 0) is 4.79 Å². The van der Waals surface area contributed by atoms with E-state index in [0.29, 0.717) is 18.1 Å². The molecule has 0 bridgehead atoms. The van der Waals surface area contributed by atoms with Crippen molar-refractivity contribution in [3.63, 3.8) is 0 Å². The van der Waals surface area contributed by atoms with Gasteiger partial charge in [0.2, 0.25) is 5.88 Å². The zero-order valence-electron chi connectivity index (χ0n) is 15.7. The number of nitrogens with zero attached hydrogens (tertiary/aromatic N) is 1. The predicted octanol–water partition coefficient (Wildman–Crippen LogP) is 3.99. The monoisotopic (exact) mass is 372 g/mol. The Morgan fingerprint density at radius 3 is 2.86 bits per heavy atom. The molecule has 0 aliphatic carbocycles. The first-order valence-corrected chi connectivity index (χ1v) is 9.30. The minimum absolute atomic E-state index is 0.0882. The van der Waals surface area contributed by atoms with Crippen LogP contribution in [-0.4, -0.2) is 29.0 Å². The third-order valence-corrected chi connectivity index (χ3v) is 5.21. The third-order valence-electron chi connectivity index (χ3n) is 5.21. The van der Waals surface area contributed by atoms with Gasteiger partial charge in [-0.25, -0.2) is 4.98 Å². The van der Waals surface area contributed by atoms with Crippen molar-refractivity contribution in [1.82, 2.24) is 9.97 Å². The lowest BCUT2D eigenvalue weighted by Crippen LogP contribution is -2.20. The van der Waals surface area contributed by atoms with E-state index >= 15 is 0 Å². The van der Waals surface area contributed by atoms with E-state index < -0.39 is 0 Å². The smallest absolute Gasteiger partial charge is 0.256 e. The second-order valence-corrected chi connectivity index (χ2v) is 7.12. The first kappa shape index (κ1) is 16.6. The van der Waals surface area contributed by atoms with E-state index in [1.807, 2.05) is 43.5 Å². The van der Waals surface area contributed by atoms with Crippen LogP contribution in [0.5, 0.6) is 5.88 Å². The molecule has 5 rings (SSSR count). The second kappa shape index (κ2) is 6.27. The molecule has 4 heterocycles. The fourth-order valence-electron chi connectivity index (χ4n) is 3.78. The van der Waals surface area contributed by atoms with Crippen molar-refractivity contribution in [2.75, 3.05) is 23.8 Å². The average molecular weight is 372 g/mol. The van der Waals surface area contributed by atoms with E-state index in [4.69, 9.17) is 4.74 Å². The molecule has 1 amide bonds. The van der Waals surface area contributed by atoms with Gasteiger partial charge in [0, 0.05) is 40.9 Å². The van der Waals surface area contributed by atoms with Gasteiger partial charge in [-0.2, -0.15) is 0 Å². The molecule has 1 aromatic carbocycles. The number of fused-ring (bicyclic) bond motifs is 2. The SMILES string of the molecule is Cc1ccc(/C=C2\C(=O)Nc3ccc(-c4cnc5c(c4C)NCCO5)cc32)[nH]1. The highest BCUT2D eigenvalue weighted by Crippen LogP contribution is 2.39. The average Bonchev–Trinajstić information content (AvgIpc) is 3.25. The lowest BCUT2D eigenvalue weighted by Gasteiger charge is -2.21. The fraction of sp³-hybridized carbons (Fsp3) is 0.182. The number of anilines is 2. The Labute approximate surface area is 162 Å². The van der Waals surface area contributed by atoms with Crippen LogP contribution in [0.15, 0.2) is 36.5 Å². The molecular weight excluding hydrogens is 352 g/mol. The van der Waals surface area contributed by atoms with E-state index in [1.54, 1.807) is 0 Å². The Morgan fingerprint density at radius 2 is 2.04 bits per heavy atom. The first-order valence-electron chi connectivity index (χ1n) is 9.30. The number of benzene rings is 1. The largest absolute Gasteiger partial charge is 0.474 e. The third kappa shape index (κ3) is 2.65. The normalized spacial score (nSPS) is 16.2. The standard InChI is InChI=1S/C22H20N4O2/c1-12-3-5-15(25-12)10-17-16-9-14(4-6-19(16)26-21(17)27)18-11-24-22-20(13(18)2)23-7-8-28-22/h3-6,9-11,23,25H,7-8H2,1-2H3,(H,26,27)/b17-10-. The van der Waals surface area contributed by atoms with Gasteiger partial charge < -0.3 is 20.4 Å². The Bertz CT molecular complexity index is 1140. The Balaban J connectivity index is 1.60. The lowest BCUT2D eigenvalue weighted by molar-refractivity contribution is -0.110. The van der Waals surface area contributed by atoms with Crippen LogP contribution in [0.4, 0.5) is 11.4 Å². The van der Waals surface area contributed by atoms with Crippen molar-refractivity contribution >= 4 is 28.9 Å². The van der Waals surface area contributed by atoms with Crippen molar-refractivity contribution in [2.24, 2.45) is 0 Å². The molecule has 6 heteroatoms. The summed E-state index contributed by atoms with van der Waals surface area (Å²) >= 11 is 0. The topological polar surface area (TPSA) is 79.0 Å². The number of carbonyl (C=O) groups is 1. The molecule has 140 valence electrons. The number of hydrogen-bond acceptors (Lipinski definition) is 4. The van der Waals surface area contributed by atoms with Gasteiger partial charge in [-0.15, -0.1) is 0 Å². The van der Waals surface area contributed by atoms with Gasteiger partial charge in [-0.1, -0.05) is 6.07 Å². The molecule has 0 unspecified atom stereocenters. The van der Waals surface area contributed by atoms with E-state index in [1.165, 1.54) is 0 Å². The molecule has 0 fully saturated rings. The maximum absolute atomic E-state index is 12.5. The highest BCUT2D eigenvalue weighted by molar-refractivity contribution is 6.35. The van der Waals surface area contributed by atoms with Crippen LogP contribution < -0.4 is 15.4 Å². The Morgan fingerprint density at radius 1 is 1.14 bits per heavy atom. The number of carbonyl (C=O) groups excluding carboxylic acids is 1. The van der Waals surface area contributed by atoms with E-state index in [2.05, 4.69) is 33.6 Å². The number of aromatic amines is 1. The number of nitrogens with one attached hydrogen (secondary N) is 3. The second-order valence-electron chi connectivity index (χ2n) is 7.12. The molecule has 0 saturated carbocycles. The summed E-state index contributed by atoms with van der Waals surface area (Å²) in [6, 6.07) is 9.98. The van der Waals surface area contributed by atoms with Gasteiger partial charge in [0.15, 0.2) is 0 Å². The van der Waals surface area contributed by atoms with Crippen molar-refractivity contribution in [2.45, 2.75) is 13.8 Å². The van der Waals surface area contributed by atoms with Gasteiger partial charge in [0.05, 0.1) is 5.57 Å². The Hall–Kier alpha value is -3.54. The summed E-state index contributed by atoms with van der Waals surface area (Å²) < 4.78 is 5.63. The number of rotatable bonds is 2. The summed E-state index contributed by atoms with van der Waals surface area (Å²) in [6.45, 7) is 5.45. The van der Waals surface area contributed by atoms with Crippen LogP contribution in [0.3, 0.4) is 0 Å². The number of aryl methyl sites for hydroxylation is 1. The highest BCUT2D eigenvalue weighted by atomic mass is 16.5. The fourth-order valence-corrected chi connectivity index (χ4v) is 3.78. The van der Waals surface area contributed by atoms with Crippen LogP contribution in [0, 0.1) is 13.8 Å². The Kier molecular flexibility index (Phi) is 3.72. The number of hydrogen-bond donors (Lipinski definition) is 3. The molecule has 0 spiro atoms. The molecule has 2 aliphatic heterocycles. The predicted molar refractivity (Wildman–Crippen MR) is 110 cm³/mol.